The number of carbonyl (C=O) groups is 3. The minimum absolute atomic E-state index is 0. The van der Waals surface area contributed by atoms with E-state index >= 15 is 0 Å². The van der Waals surface area contributed by atoms with Gasteiger partial charge in [0.1, 0.15) is 17.9 Å². The van der Waals surface area contributed by atoms with E-state index in [0.29, 0.717) is 38.8 Å². The van der Waals surface area contributed by atoms with Crippen LogP contribution in [0.25, 0.3) is 0 Å². The lowest BCUT2D eigenvalue weighted by atomic mass is 10.0. The predicted octanol–water partition coefficient (Wildman–Crippen LogP) is 0.307. The van der Waals surface area contributed by atoms with Crippen molar-refractivity contribution in [3.8, 4) is 0 Å². The number of carbonyl (C=O) groups excluding carboxylic acids is 1. The number of hydrogen-bond donors (Lipinski definition) is 8. The van der Waals surface area contributed by atoms with Gasteiger partial charge in [-0.15, -0.1) is 0 Å². The fourth-order valence-corrected chi connectivity index (χ4v) is 2.18. The van der Waals surface area contributed by atoms with Gasteiger partial charge in [-0.2, -0.15) is 0 Å². The van der Waals surface area contributed by atoms with Crippen molar-refractivity contribution in [3.05, 3.63) is 9.93 Å². The van der Waals surface area contributed by atoms with Gasteiger partial charge in [0.05, 0.1) is 6.04 Å². The molecule has 1 saturated heterocycles. The van der Waals surface area contributed by atoms with Gasteiger partial charge in [-0.25, -0.2) is 5.48 Å². The maximum Gasteiger partial charge on any atom is 0.320 e. The van der Waals surface area contributed by atoms with Crippen LogP contribution in [0.15, 0.2) is 0 Å². The Balaban J connectivity index is -0.0000000801. The van der Waals surface area contributed by atoms with Crippen LogP contribution in [-0.2, 0) is 14.4 Å². The van der Waals surface area contributed by atoms with Gasteiger partial charge < -0.3 is 43.4 Å². The van der Waals surface area contributed by atoms with Crippen LogP contribution in [0.2, 0.25) is 0 Å². The molecule has 1 aliphatic heterocycles. The lowest BCUT2D eigenvalue weighted by molar-refractivity contribution is -0.139. The van der Waals surface area contributed by atoms with E-state index in [2.05, 4.69) is 5.32 Å². The molecule has 1 heterocycles. The highest BCUT2D eigenvalue weighted by Gasteiger charge is 2.15. The number of carboxylic acid groups (broad SMARTS) is 2. The Bertz CT molecular complexity index is 455. The summed E-state index contributed by atoms with van der Waals surface area (Å²) in [4.78, 5) is 44.9. The summed E-state index contributed by atoms with van der Waals surface area (Å²) >= 11 is 0. The molecule has 0 radical (unpaired) electrons. The van der Waals surface area contributed by atoms with Crippen molar-refractivity contribution < 1.29 is 35.3 Å². The van der Waals surface area contributed by atoms with E-state index < -0.39 is 24.0 Å². The largest absolute Gasteiger partial charge is 0.480 e. The summed E-state index contributed by atoms with van der Waals surface area (Å²) in [5, 5.41) is 27.8. The lowest BCUT2D eigenvalue weighted by Crippen LogP contribution is -2.38. The molecule has 14 nitrogen and oxygen atoms in total. The molecule has 3 atom stereocenters. The molecule has 14 heteroatoms. The van der Waals surface area contributed by atoms with Crippen LogP contribution < -0.4 is 28.0 Å². The van der Waals surface area contributed by atoms with Crippen LogP contribution >= 0.6 is 0 Å². The molecule has 214 valence electrons. The second-order valence-corrected chi connectivity index (χ2v) is 6.48. The van der Waals surface area contributed by atoms with Gasteiger partial charge in [-0.3, -0.25) is 14.4 Å². The van der Waals surface area contributed by atoms with E-state index in [4.69, 9.17) is 42.6 Å². The van der Waals surface area contributed by atoms with Crippen LogP contribution in [0, 0.1) is 9.93 Å². The molecular formula is C21H51N5O9. The van der Waals surface area contributed by atoms with E-state index in [-0.39, 0.29) is 17.3 Å². The summed E-state index contributed by atoms with van der Waals surface area (Å²) in [6.45, 7) is 11.6. The van der Waals surface area contributed by atoms with E-state index in [1.807, 2.05) is 33.2 Å². The van der Waals surface area contributed by atoms with Gasteiger partial charge in [0, 0.05) is 16.5 Å². The SMILES string of the molecule is CC.CC.CC(=O)C1CCCCN1.NC(CCCNO)C(=O)O.NCCCC(N)C(=O)O.O.O=O. The second-order valence-electron chi connectivity index (χ2n) is 6.48. The van der Waals surface area contributed by atoms with Gasteiger partial charge in [0.15, 0.2) is 0 Å². The zero-order chi connectivity index (χ0) is 27.9. The minimum Gasteiger partial charge on any atom is -0.480 e. The summed E-state index contributed by atoms with van der Waals surface area (Å²) in [7, 11) is 0. The van der Waals surface area contributed by atoms with Crippen molar-refractivity contribution >= 4 is 17.7 Å². The average molecular weight is 518 g/mol. The topological polar surface area (TPSA) is 280 Å². The number of piperidine rings is 1. The molecule has 0 amide bonds. The Kier molecular flexibility index (Phi) is 51.8. The molecule has 0 aliphatic carbocycles. The summed E-state index contributed by atoms with van der Waals surface area (Å²) in [5.41, 5.74) is 17.3. The fourth-order valence-electron chi connectivity index (χ4n) is 2.18. The van der Waals surface area contributed by atoms with E-state index in [0.717, 1.165) is 13.0 Å². The van der Waals surface area contributed by atoms with Crippen molar-refractivity contribution in [2.75, 3.05) is 19.6 Å². The van der Waals surface area contributed by atoms with Crippen LogP contribution in [0.1, 0.15) is 79.6 Å². The molecule has 1 fully saturated rings. The maximum atomic E-state index is 10.7. The van der Waals surface area contributed by atoms with Gasteiger partial charge in [-0.1, -0.05) is 34.1 Å². The number of rotatable bonds is 10. The summed E-state index contributed by atoms with van der Waals surface area (Å²) in [6, 6.07) is -1.39. The molecule has 0 saturated carbocycles. The Morgan fingerprint density at radius 2 is 1.37 bits per heavy atom. The second kappa shape index (κ2) is 39.2. The quantitative estimate of drug-likeness (QED) is 0.143. The highest BCUT2D eigenvalue weighted by atomic mass is 16.7. The Labute approximate surface area is 208 Å². The highest BCUT2D eigenvalue weighted by molar-refractivity contribution is 5.81. The van der Waals surface area contributed by atoms with E-state index in [9.17, 15) is 14.4 Å². The third-order valence-corrected chi connectivity index (χ3v) is 3.96. The Hall–Kier alpha value is -2.07. The van der Waals surface area contributed by atoms with Crippen molar-refractivity contribution in [1.82, 2.24) is 10.8 Å². The number of aliphatic carboxylic acids is 2. The standard InChI is InChI=1S/C7H13NO.C5H12N2O3.C5H12N2O2.2C2H6.O2.H2O/c1-6(9)7-4-2-3-5-8-7;6-4(5(8)9)2-1-3-7-10;6-3-1-2-4(7)5(8)9;3*1-2;/h7-8H,2-5H2,1H3;4,7,10H,1-3,6H2,(H,8,9);4H,1-3,6-7H2,(H,8,9);2*1-2H3;;1H2. The first-order valence-corrected chi connectivity index (χ1v) is 11.6. The number of hydroxylamine groups is 1. The molecule has 1 aliphatic rings. The van der Waals surface area contributed by atoms with Gasteiger partial charge in [0.2, 0.25) is 0 Å². The predicted molar refractivity (Wildman–Crippen MR) is 138 cm³/mol. The van der Waals surface area contributed by atoms with Crippen LogP contribution in [0.5, 0.6) is 0 Å². The van der Waals surface area contributed by atoms with Gasteiger partial charge in [-0.05, 0) is 58.5 Å². The van der Waals surface area contributed by atoms with Crippen molar-refractivity contribution in [2.24, 2.45) is 17.2 Å². The zero-order valence-corrected chi connectivity index (χ0v) is 21.9. The number of nitrogens with two attached hydrogens (primary N) is 3. The van der Waals surface area contributed by atoms with Crippen LogP contribution in [0.4, 0.5) is 0 Å². The summed E-state index contributed by atoms with van der Waals surface area (Å²) in [6.07, 6.45) is 5.54. The third kappa shape index (κ3) is 39.4. The molecule has 0 bridgehead atoms. The molecule has 0 aromatic heterocycles. The number of ketones is 1. The summed E-state index contributed by atoms with van der Waals surface area (Å²) < 4.78 is 0. The van der Waals surface area contributed by atoms with Crippen molar-refractivity contribution in [3.63, 3.8) is 0 Å². The van der Waals surface area contributed by atoms with Crippen LogP contribution in [-0.4, -0.2) is 76.4 Å². The minimum atomic E-state index is -1.00. The Morgan fingerprint density at radius 1 is 0.943 bits per heavy atom. The molecule has 0 spiro atoms. The first-order chi connectivity index (χ1) is 16.2. The first kappa shape index (κ1) is 46.3. The van der Waals surface area contributed by atoms with Crippen molar-refractivity contribution in [2.45, 2.75) is 97.7 Å². The monoisotopic (exact) mass is 517 g/mol. The normalized spacial score (nSPS) is 14.7. The molecule has 35 heavy (non-hydrogen) atoms. The number of hydrogen-bond acceptors (Lipinski definition) is 11. The van der Waals surface area contributed by atoms with Crippen LogP contribution in [0.3, 0.4) is 0 Å². The van der Waals surface area contributed by atoms with E-state index in [1.165, 1.54) is 12.8 Å². The van der Waals surface area contributed by atoms with E-state index in [1.54, 1.807) is 6.92 Å². The molecular weight excluding hydrogens is 466 g/mol. The number of carboxylic acids is 2. The zero-order valence-electron chi connectivity index (χ0n) is 21.9. The molecule has 3 unspecified atom stereocenters. The van der Waals surface area contributed by atoms with Gasteiger partial charge in [0.25, 0.3) is 0 Å². The Morgan fingerprint density at radius 3 is 1.63 bits per heavy atom. The highest BCUT2D eigenvalue weighted by Crippen LogP contribution is 2.06. The number of nitrogens with one attached hydrogen (secondary N) is 2. The lowest BCUT2D eigenvalue weighted by Gasteiger charge is -2.20. The smallest absolute Gasteiger partial charge is 0.320 e. The molecule has 13 N–H and O–H groups in total. The maximum absolute atomic E-state index is 10.7. The number of Topliss-reactive ketones (excluding diaryl/α,β-unsaturated/α-hetero) is 1. The molecule has 1 rings (SSSR count). The van der Waals surface area contributed by atoms with Crippen molar-refractivity contribution in [1.29, 1.82) is 0 Å². The van der Waals surface area contributed by atoms with Gasteiger partial charge >= 0.3 is 11.9 Å². The molecule has 0 aromatic rings. The fraction of sp³-hybridized carbons (Fsp3) is 0.857. The molecule has 0 aromatic carbocycles. The third-order valence-electron chi connectivity index (χ3n) is 3.96. The summed E-state index contributed by atoms with van der Waals surface area (Å²) in [5.74, 6) is -1.67. The average Bonchev–Trinajstić information content (AvgIpc) is 2.87. The first-order valence-electron chi connectivity index (χ1n) is 11.6.